The van der Waals surface area contributed by atoms with E-state index in [2.05, 4.69) is 5.16 Å². The molecule has 24 heavy (non-hydrogen) atoms. The lowest BCUT2D eigenvalue weighted by atomic mass is 10.1. The molecule has 1 aromatic carbocycles. The summed E-state index contributed by atoms with van der Waals surface area (Å²) < 4.78 is 23.4. The van der Waals surface area contributed by atoms with E-state index >= 15 is 0 Å². The Morgan fingerprint density at radius 2 is 2.12 bits per heavy atom. The number of carbonyl (C=O) groups excluding carboxylic acids is 1. The Kier molecular flexibility index (Phi) is 4.86. The molecule has 2 heterocycles. The molecular formula is C18H14FNO3S. The molecule has 2 aromatic heterocycles. The molecule has 3 rings (SSSR count). The van der Waals surface area contributed by atoms with E-state index in [-0.39, 0.29) is 12.4 Å². The molecule has 0 aliphatic carbocycles. The Morgan fingerprint density at radius 3 is 2.75 bits per heavy atom. The number of halogens is 1. The van der Waals surface area contributed by atoms with E-state index in [0.717, 1.165) is 10.6 Å². The third-order valence-electron chi connectivity index (χ3n) is 3.21. The summed E-state index contributed by atoms with van der Waals surface area (Å²) in [6.07, 6.45) is 1.68. The van der Waals surface area contributed by atoms with E-state index in [1.807, 2.05) is 17.5 Å². The molecule has 0 radical (unpaired) electrons. The van der Waals surface area contributed by atoms with Gasteiger partial charge >= 0.3 is 5.97 Å². The van der Waals surface area contributed by atoms with Crippen LogP contribution in [0.3, 0.4) is 0 Å². The number of aromatic nitrogens is 1. The first-order chi connectivity index (χ1) is 11.6. The Hall–Kier alpha value is -2.73. The molecule has 122 valence electrons. The van der Waals surface area contributed by atoms with Gasteiger partial charge in [0.15, 0.2) is 12.4 Å². The molecule has 0 aliphatic rings. The minimum Gasteiger partial charge on any atom is -0.454 e. The minimum atomic E-state index is -0.476. The van der Waals surface area contributed by atoms with Crippen molar-refractivity contribution in [3.63, 3.8) is 0 Å². The Morgan fingerprint density at radius 1 is 1.33 bits per heavy atom. The number of rotatable bonds is 5. The van der Waals surface area contributed by atoms with E-state index in [4.69, 9.17) is 9.26 Å². The van der Waals surface area contributed by atoms with Gasteiger partial charge in [0, 0.05) is 10.9 Å². The molecule has 0 saturated carbocycles. The highest BCUT2D eigenvalue weighted by Crippen LogP contribution is 2.25. The van der Waals surface area contributed by atoms with Crippen molar-refractivity contribution < 1.29 is 18.4 Å². The smallest absolute Gasteiger partial charge is 0.340 e. The van der Waals surface area contributed by atoms with Gasteiger partial charge in [0.25, 0.3) is 0 Å². The molecule has 0 fully saturated rings. The lowest BCUT2D eigenvalue weighted by molar-refractivity contribution is -0.138. The van der Waals surface area contributed by atoms with Crippen molar-refractivity contribution in [1.29, 1.82) is 0 Å². The number of nitrogens with zero attached hydrogens (tertiary/aromatic N) is 1. The van der Waals surface area contributed by atoms with Crippen LogP contribution in [0.1, 0.15) is 21.9 Å². The number of thiophene rings is 1. The van der Waals surface area contributed by atoms with Crippen LogP contribution in [-0.2, 0) is 16.1 Å². The molecule has 0 amide bonds. The zero-order valence-electron chi connectivity index (χ0n) is 12.9. The van der Waals surface area contributed by atoms with E-state index in [1.54, 1.807) is 31.2 Å². The number of benzene rings is 1. The van der Waals surface area contributed by atoms with Gasteiger partial charge in [0.2, 0.25) is 0 Å². The Bertz CT molecular complexity index is 851. The second kappa shape index (κ2) is 7.23. The zero-order chi connectivity index (χ0) is 16.9. The Balaban J connectivity index is 1.82. The van der Waals surface area contributed by atoms with Gasteiger partial charge in [-0.25, -0.2) is 9.18 Å². The van der Waals surface area contributed by atoms with Crippen molar-refractivity contribution in [3.05, 3.63) is 75.6 Å². The van der Waals surface area contributed by atoms with Crippen LogP contribution in [0.2, 0.25) is 0 Å². The van der Waals surface area contributed by atoms with E-state index in [1.165, 1.54) is 23.5 Å². The van der Waals surface area contributed by atoms with Crippen LogP contribution in [0, 0.1) is 12.7 Å². The van der Waals surface area contributed by atoms with Crippen LogP contribution >= 0.6 is 11.3 Å². The highest BCUT2D eigenvalue weighted by molar-refractivity contribution is 7.11. The van der Waals surface area contributed by atoms with Gasteiger partial charge in [0.05, 0.1) is 11.3 Å². The normalized spacial score (nSPS) is 11.5. The van der Waals surface area contributed by atoms with Gasteiger partial charge in [-0.1, -0.05) is 23.4 Å². The van der Waals surface area contributed by atoms with Crippen molar-refractivity contribution >= 4 is 29.0 Å². The summed E-state index contributed by atoms with van der Waals surface area (Å²) in [4.78, 5) is 13.2. The first-order valence-corrected chi connectivity index (χ1v) is 8.10. The second-order valence-corrected chi connectivity index (χ2v) is 6.05. The fourth-order valence-electron chi connectivity index (χ4n) is 2.09. The van der Waals surface area contributed by atoms with Gasteiger partial charge in [-0.2, -0.15) is 0 Å². The molecule has 0 aliphatic heterocycles. The summed E-state index contributed by atoms with van der Waals surface area (Å²) in [5.74, 6) is -0.322. The quantitative estimate of drug-likeness (QED) is 0.507. The lowest BCUT2D eigenvalue weighted by Crippen LogP contribution is -2.06. The molecule has 0 spiro atoms. The molecular weight excluding hydrogens is 329 g/mol. The summed E-state index contributed by atoms with van der Waals surface area (Å²) in [5.41, 5.74) is 1.85. The van der Waals surface area contributed by atoms with Gasteiger partial charge in [-0.05, 0) is 42.1 Å². The highest BCUT2D eigenvalue weighted by Gasteiger charge is 2.16. The van der Waals surface area contributed by atoms with Gasteiger partial charge in [0.1, 0.15) is 5.82 Å². The molecule has 0 N–H and O–H groups in total. The molecule has 0 bridgehead atoms. The third-order valence-corrected chi connectivity index (χ3v) is 4.11. The van der Waals surface area contributed by atoms with Crippen LogP contribution in [0.4, 0.5) is 4.39 Å². The Labute approximate surface area is 142 Å². The van der Waals surface area contributed by atoms with Gasteiger partial charge < -0.3 is 9.26 Å². The number of carbonyl (C=O) groups is 1. The molecule has 0 unspecified atom stereocenters. The lowest BCUT2D eigenvalue weighted by Gasteiger charge is -2.06. The molecule has 0 atom stereocenters. The molecule has 3 aromatic rings. The van der Waals surface area contributed by atoms with Crippen molar-refractivity contribution in [2.24, 2.45) is 0 Å². The van der Waals surface area contributed by atoms with Crippen LogP contribution < -0.4 is 0 Å². The maximum absolute atomic E-state index is 13.0. The molecule has 4 nitrogen and oxygen atoms in total. The fourth-order valence-corrected chi connectivity index (χ4v) is 2.82. The number of ether oxygens (including phenoxy) is 1. The average Bonchev–Trinajstić information content (AvgIpc) is 3.24. The monoisotopic (exact) mass is 343 g/mol. The summed E-state index contributed by atoms with van der Waals surface area (Å²) in [6, 6.07) is 11.3. The maximum Gasteiger partial charge on any atom is 0.340 e. The second-order valence-electron chi connectivity index (χ2n) is 5.10. The van der Waals surface area contributed by atoms with Crippen molar-refractivity contribution in [3.8, 4) is 0 Å². The number of esters is 1. The van der Waals surface area contributed by atoms with Crippen LogP contribution in [-0.4, -0.2) is 11.1 Å². The van der Waals surface area contributed by atoms with Gasteiger partial charge in [-0.15, -0.1) is 11.3 Å². The first kappa shape index (κ1) is 16.1. The summed E-state index contributed by atoms with van der Waals surface area (Å²) >= 11 is 1.43. The van der Waals surface area contributed by atoms with Crippen LogP contribution in [0.15, 0.2) is 52.4 Å². The average molecular weight is 343 g/mol. The molecule has 0 saturated heterocycles. The number of hydrogen-bond acceptors (Lipinski definition) is 5. The topological polar surface area (TPSA) is 52.3 Å². The standard InChI is InChI=1S/C18H14FNO3S/c1-12-9-15(23-20-12)11-22-18(21)16(17-3-2-8-24-17)10-13-4-6-14(19)7-5-13/h2-10H,11H2,1H3. The predicted octanol–water partition coefficient (Wildman–Crippen LogP) is 4.47. The fraction of sp³-hybridized carbons (Fsp3) is 0.111. The minimum absolute atomic E-state index is 0.00576. The van der Waals surface area contributed by atoms with Gasteiger partial charge in [-0.3, -0.25) is 0 Å². The SMILES string of the molecule is Cc1cc(COC(=O)C(=Cc2ccc(F)cc2)c2cccs2)on1. The van der Waals surface area contributed by atoms with Crippen molar-refractivity contribution in [2.45, 2.75) is 13.5 Å². The largest absolute Gasteiger partial charge is 0.454 e. The predicted molar refractivity (Wildman–Crippen MR) is 89.6 cm³/mol. The van der Waals surface area contributed by atoms with Crippen molar-refractivity contribution in [1.82, 2.24) is 5.16 Å². The molecule has 6 heteroatoms. The van der Waals surface area contributed by atoms with Crippen molar-refractivity contribution in [2.75, 3.05) is 0 Å². The third kappa shape index (κ3) is 3.97. The summed E-state index contributed by atoms with van der Waals surface area (Å²) in [5, 5.41) is 5.63. The summed E-state index contributed by atoms with van der Waals surface area (Å²) in [6.45, 7) is 1.80. The number of aryl methyl sites for hydroxylation is 1. The highest BCUT2D eigenvalue weighted by atomic mass is 32.1. The van der Waals surface area contributed by atoms with E-state index in [0.29, 0.717) is 16.9 Å². The first-order valence-electron chi connectivity index (χ1n) is 7.22. The number of hydrogen-bond donors (Lipinski definition) is 0. The van der Waals surface area contributed by atoms with E-state index < -0.39 is 5.97 Å². The maximum atomic E-state index is 13.0. The van der Waals surface area contributed by atoms with Crippen LogP contribution in [0.25, 0.3) is 11.6 Å². The zero-order valence-corrected chi connectivity index (χ0v) is 13.7. The summed E-state index contributed by atoms with van der Waals surface area (Å²) in [7, 11) is 0. The van der Waals surface area contributed by atoms with Crippen LogP contribution in [0.5, 0.6) is 0 Å². The van der Waals surface area contributed by atoms with E-state index in [9.17, 15) is 9.18 Å².